The van der Waals surface area contributed by atoms with Crippen LogP contribution in [0.4, 0.5) is 5.69 Å². The second kappa shape index (κ2) is 6.41. The first-order valence-corrected chi connectivity index (χ1v) is 6.52. The molecule has 0 saturated carbocycles. The molecule has 0 bridgehead atoms. The van der Waals surface area contributed by atoms with Crippen molar-refractivity contribution < 1.29 is 4.79 Å². The van der Waals surface area contributed by atoms with Gasteiger partial charge in [-0.25, -0.2) is 0 Å². The van der Waals surface area contributed by atoms with Gasteiger partial charge in [-0.1, -0.05) is 0 Å². The number of benzene rings is 1. The van der Waals surface area contributed by atoms with E-state index in [-0.39, 0.29) is 11.8 Å². The molecule has 0 aliphatic heterocycles. The Bertz CT molecular complexity index is 482. The Morgan fingerprint density at radius 2 is 2.28 bits per heavy atom. The first kappa shape index (κ1) is 14.5. The average molecular weight is 310 g/mol. The quantitative estimate of drug-likeness (QED) is 0.869. The molecule has 1 unspecified atom stereocenters. The number of nitrogen functional groups attached to an aromatic ring is 1. The summed E-state index contributed by atoms with van der Waals surface area (Å²) in [5.74, 6) is -0.277. The first-order valence-electron chi connectivity index (χ1n) is 5.73. The molecule has 0 fully saturated rings. The third-order valence-corrected chi connectivity index (χ3v) is 3.35. The van der Waals surface area contributed by atoms with Crippen molar-refractivity contribution in [2.75, 3.05) is 18.8 Å². The molecular formula is C13H16BrN3O. The Morgan fingerprint density at radius 1 is 1.61 bits per heavy atom. The zero-order valence-electron chi connectivity index (χ0n) is 10.5. The van der Waals surface area contributed by atoms with Crippen LogP contribution in [0.25, 0.3) is 0 Å². The van der Waals surface area contributed by atoms with E-state index >= 15 is 0 Å². The molecule has 0 spiro atoms. The molecule has 1 atom stereocenters. The minimum atomic E-state index is -0.179. The maximum Gasteiger partial charge on any atom is 0.253 e. The SMILES string of the molecule is CCN(CC(C)C#N)C(=O)c1ccc(Br)c(N)c1. The van der Waals surface area contributed by atoms with E-state index in [9.17, 15) is 4.79 Å². The third kappa shape index (κ3) is 3.47. The number of carbonyl (C=O) groups excluding carboxylic acids is 1. The van der Waals surface area contributed by atoms with Crippen LogP contribution in [0, 0.1) is 17.2 Å². The van der Waals surface area contributed by atoms with E-state index in [0.29, 0.717) is 24.3 Å². The summed E-state index contributed by atoms with van der Waals surface area (Å²) in [5, 5.41) is 8.80. The molecule has 1 aromatic rings. The highest BCUT2D eigenvalue weighted by molar-refractivity contribution is 9.10. The van der Waals surface area contributed by atoms with Gasteiger partial charge < -0.3 is 10.6 Å². The smallest absolute Gasteiger partial charge is 0.253 e. The predicted octanol–water partition coefficient (Wildman–Crippen LogP) is 2.65. The number of anilines is 1. The highest BCUT2D eigenvalue weighted by Gasteiger charge is 2.17. The van der Waals surface area contributed by atoms with E-state index in [0.717, 1.165) is 4.47 Å². The summed E-state index contributed by atoms with van der Waals surface area (Å²) in [6.07, 6.45) is 0. The van der Waals surface area contributed by atoms with Gasteiger partial charge in [0.2, 0.25) is 0 Å². The monoisotopic (exact) mass is 309 g/mol. The summed E-state index contributed by atoms with van der Waals surface area (Å²) in [5.41, 5.74) is 6.83. The third-order valence-electron chi connectivity index (χ3n) is 2.63. The van der Waals surface area contributed by atoms with Gasteiger partial charge in [-0.15, -0.1) is 0 Å². The molecule has 0 saturated heterocycles. The minimum Gasteiger partial charge on any atom is -0.398 e. The molecule has 2 N–H and O–H groups in total. The van der Waals surface area contributed by atoms with Crippen molar-refractivity contribution in [2.24, 2.45) is 5.92 Å². The predicted molar refractivity (Wildman–Crippen MR) is 74.9 cm³/mol. The Balaban J connectivity index is 2.90. The zero-order valence-corrected chi connectivity index (χ0v) is 12.1. The second-order valence-electron chi connectivity index (χ2n) is 4.11. The molecule has 0 aromatic heterocycles. The van der Waals surface area contributed by atoms with Crippen LogP contribution in [0.2, 0.25) is 0 Å². The van der Waals surface area contributed by atoms with Crippen molar-refractivity contribution in [3.63, 3.8) is 0 Å². The lowest BCUT2D eigenvalue weighted by Crippen LogP contribution is -2.34. The van der Waals surface area contributed by atoms with Crippen LogP contribution >= 0.6 is 15.9 Å². The number of nitriles is 1. The van der Waals surface area contributed by atoms with Crippen molar-refractivity contribution in [3.05, 3.63) is 28.2 Å². The minimum absolute atomic E-state index is 0.0983. The summed E-state index contributed by atoms with van der Waals surface area (Å²) < 4.78 is 0.771. The molecule has 1 rings (SSSR count). The Morgan fingerprint density at radius 3 is 2.78 bits per heavy atom. The van der Waals surface area contributed by atoms with E-state index < -0.39 is 0 Å². The highest BCUT2D eigenvalue weighted by atomic mass is 79.9. The normalized spacial score (nSPS) is 11.7. The van der Waals surface area contributed by atoms with Crippen molar-refractivity contribution >= 4 is 27.5 Å². The summed E-state index contributed by atoms with van der Waals surface area (Å²) in [6, 6.07) is 7.25. The highest BCUT2D eigenvalue weighted by Crippen LogP contribution is 2.21. The van der Waals surface area contributed by atoms with Gasteiger partial charge >= 0.3 is 0 Å². The first-order chi connectivity index (χ1) is 8.49. The van der Waals surface area contributed by atoms with E-state index in [4.69, 9.17) is 11.0 Å². The van der Waals surface area contributed by atoms with Crippen molar-refractivity contribution in [2.45, 2.75) is 13.8 Å². The van der Waals surface area contributed by atoms with E-state index in [1.807, 2.05) is 6.92 Å². The van der Waals surface area contributed by atoms with Crippen LogP contribution in [0.5, 0.6) is 0 Å². The molecule has 0 radical (unpaired) electrons. The summed E-state index contributed by atoms with van der Waals surface area (Å²) in [7, 11) is 0. The number of hydrogen-bond acceptors (Lipinski definition) is 3. The topological polar surface area (TPSA) is 70.1 Å². The fraction of sp³-hybridized carbons (Fsp3) is 0.385. The Labute approximate surface area is 116 Å². The van der Waals surface area contributed by atoms with Crippen molar-refractivity contribution in [3.8, 4) is 6.07 Å². The largest absolute Gasteiger partial charge is 0.398 e. The number of nitrogens with zero attached hydrogens (tertiary/aromatic N) is 2. The van der Waals surface area contributed by atoms with Crippen LogP contribution in [-0.4, -0.2) is 23.9 Å². The lowest BCUT2D eigenvalue weighted by atomic mass is 10.1. The van der Waals surface area contributed by atoms with Crippen LogP contribution < -0.4 is 5.73 Å². The zero-order chi connectivity index (χ0) is 13.7. The number of halogens is 1. The van der Waals surface area contributed by atoms with Gasteiger partial charge in [0.15, 0.2) is 0 Å². The fourth-order valence-electron chi connectivity index (χ4n) is 1.59. The summed E-state index contributed by atoms with van der Waals surface area (Å²) >= 11 is 3.29. The van der Waals surface area contributed by atoms with E-state index in [1.54, 1.807) is 30.0 Å². The summed E-state index contributed by atoms with van der Waals surface area (Å²) in [4.78, 5) is 13.9. The molecule has 4 nitrogen and oxygen atoms in total. The molecule has 1 aromatic carbocycles. The molecule has 5 heteroatoms. The van der Waals surface area contributed by atoms with Gasteiger partial charge in [0, 0.05) is 28.8 Å². The van der Waals surface area contributed by atoms with E-state index in [1.165, 1.54) is 0 Å². The molecule has 1 amide bonds. The van der Waals surface area contributed by atoms with Crippen LogP contribution in [0.15, 0.2) is 22.7 Å². The van der Waals surface area contributed by atoms with Crippen LogP contribution in [-0.2, 0) is 0 Å². The van der Waals surface area contributed by atoms with Gasteiger partial charge in [0.05, 0.1) is 12.0 Å². The number of rotatable bonds is 4. The molecule has 18 heavy (non-hydrogen) atoms. The standard InChI is InChI=1S/C13H16BrN3O/c1-3-17(8-9(2)7-15)13(18)10-4-5-11(14)12(16)6-10/h4-6,9H,3,8,16H2,1-2H3. The van der Waals surface area contributed by atoms with Crippen LogP contribution in [0.1, 0.15) is 24.2 Å². The average Bonchev–Trinajstić information content (AvgIpc) is 2.38. The molecule has 96 valence electrons. The maximum atomic E-state index is 12.2. The van der Waals surface area contributed by atoms with Gasteiger partial charge in [0.1, 0.15) is 0 Å². The lowest BCUT2D eigenvalue weighted by molar-refractivity contribution is 0.0753. The van der Waals surface area contributed by atoms with Crippen molar-refractivity contribution in [1.29, 1.82) is 5.26 Å². The maximum absolute atomic E-state index is 12.2. The van der Waals surface area contributed by atoms with Gasteiger partial charge in [-0.2, -0.15) is 5.26 Å². The molecule has 0 heterocycles. The number of amides is 1. The van der Waals surface area contributed by atoms with Gasteiger partial charge in [-0.3, -0.25) is 4.79 Å². The number of nitrogens with two attached hydrogens (primary N) is 1. The van der Waals surface area contributed by atoms with Gasteiger partial charge in [-0.05, 0) is 48.0 Å². The molecule has 0 aliphatic carbocycles. The second-order valence-corrected chi connectivity index (χ2v) is 4.96. The lowest BCUT2D eigenvalue weighted by Gasteiger charge is -2.22. The van der Waals surface area contributed by atoms with Gasteiger partial charge in [0.25, 0.3) is 5.91 Å². The number of carbonyl (C=O) groups is 1. The number of hydrogen-bond donors (Lipinski definition) is 1. The summed E-state index contributed by atoms with van der Waals surface area (Å²) in [6.45, 7) is 4.69. The fourth-order valence-corrected chi connectivity index (χ4v) is 1.83. The molecule has 0 aliphatic rings. The van der Waals surface area contributed by atoms with Crippen molar-refractivity contribution in [1.82, 2.24) is 4.90 Å². The Hall–Kier alpha value is -1.54. The molecular weight excluding hydrogens is 294 g/mol. The van der Waals surface area contributed by atoms with E-state index in [2.05, 4.69) is 22.0 Å². The van der Waals surface area contributed by atoms with Crippen LogP contribution in [0.3, 0.4) is 0 Å². The Kier molecular flexibility index (Phi) is 5.17.